The topological polar surface area (TPSA) is 43.1 Å². The summed E-state index contributed by atoms with van der Waals surface area (Å²) in [6.07, 6.45) is -0.845. The van der Waals surface area contributed by atoms with Crippen LogP contribution in [-0.2, 0) is 27.4 Å². The van der Waals surface area contributed by atoms with Crippen molar-refractivity contribution in [3.8, 4) is 11.1 Å². The van der Waals surface area contributed by atoms with Crippen LogP contribution < -0.4 is 0 Å². The third kappa shape index (κ3) is 4.60. The molecule has 0 radical (unpaired) electrons. The molecule has 1 atom stereocenters. The zero-order chi connectivity index (χ0) is 22.9. The Hall–Kier alpha value is -2.84. The first kappa shape index (κ1) is 22.8. The molecule has 1 aliphatic rings. The van der Waals surface area contributed by atoms with E-state index in [0.29, 0.717) is 13.1 Å². The van der Waals surface area contributed by atoms with Gasteiger partial charge in [0.1, 0.15) is 13.1 Å². The van der Waals surface area contributed by atoms with Crippen molar-refractivity contribution in [2.24, 2.45) is 0 Å². The van der Waals surface area contributed by atoms with Crippen molar-refractivity contribution in [1.29, 1.82) is 0 Å². The molecule has 0 amide bonds. The fraction of sp³-hybridized carbons (Fsp3) is 0.462. The van der Waals surface area contributed by atoms with Gasteiger partial charge in [-0.25, -0.2) is 4.79 Å². The van der Waals surface area contributed by atoms with E-state index < -0.39 is 11.7 Å². The molecule has 2 aromatic rings. The van der Waals surface area contributed by atoms with Gasteiger partial charge in [-0.1, -0.05) is 29.8 Å². The average Bonchev–Trinajstić information content (AvgIpc) is 3.14. The summed E-state index contributed by atoms with van der Waals surface area (Å²) < 4.78 is 11.8. The van der Waals surface area contributed by atoms with Crippen molar-refractivity contribution in [3.05, 3.63) is 69.2 Å². The van der Waals surface area contributed by atoms with E-state index in [4.69, 9.17) is 16.0 Å². The van der Waals surface area contributed by atoms with Crippen LogP contribution in [0.15, 0.2) is 24.3 Å². The summed E-state index contributed by atoms with van der Waals surface area (Å²) in [4.78, 5) is 16.8. The molecule has 2 aromatic carbocycles. The lowest BCUT2D eigenvalue weighted by Crippen LogP contribution is -2.30. The van der Waals surface area contributed by atoms with E-state index in [1.165, 1.54) is 11.1 Å². The van der Waals surface area contributed by atoms with Crippen LogP contribution in [0.1, 0.15) is 67.2 Å². The van der Waals surface area contributed by atoms with Crippen LogP contribution in [0.3, 0.4) is 0 Å². The van der Waals surface area contributed by atoms with Crippen LogP contribution in [-0.4, -0.2) is 23.2 Å². The van der Waals surface area contributed by atoms with Gasteiger partial charge in [0, 0.05) is 5.56 Å². The average molecular weight is 421 g/mol. The standard InChI is InChI=1S/C26H32N2O3/c1-9-30-25(29)24(31-26(5,6)7)23-18(4)21-15-28(27-8)14-20(21)17(3)22(23)19-12-10-16(2)11-13-19/h10-13,24H,9,14-15H2,1-7H3/t24-/m0/s1. The van der Waals surface area contributed by atoms with Crippen molar-refractivity contribution >= 4 is 5.97 Å². The van der Waals surface area contributed by atoms with Crippen LogP contribution in [0.2, 0.25) is 0 Å². The Bertz CT molecular complexity index is 1030. The second kappa shape index (κ2) is 8.72. The highest BCUT2D eigenvalue weighted by molar-refractivity contribution is 5.85. The van der Waals surface area contributed by atoms with E-state index in [1.807, 2.05) is 27.7 Å². The summed E-state index contributed by atoms with van der Waals surface area (Å²) in [5.41, 5.74) is 7.92. The predicted octanol–water partition coefficient (Wildman–Crippen LogP) is 5.85. The first-order valence-corrected chi connectivity index (χ1v) is 10.8. The highest BCUT2D eigenvalue weighted by Gasteiger charge is 2.37. The first-order valence-electron chi connectivity index (χ1n) is 10.8. The molecule has 0 unspecified atom stereocenters. The molecule has 164 valence electrons. The van der Waals surface area contributed by atoms with Gasteiger partial charge in [0.05, 0.1) is 12.2 Å². The predicted molar refractivity (Wildman–Crippen MR) is 122 cm³/mol. The Morgan fingerprint density at radius 2 is 1.68 bits per heavy atom. The van der Waals surface area contributed by atoms with E-state index in [0.717, 1.165) is 33.4 Å². The molecule has 3 rings (SSSR count). The molecule has 0 saturated heterocycles. The van der Waals surface area contributed by atoms with Crippen molar-refractivity contribution in [2.75, 3.05) is 6.61 Å². The molecule has 0 N–H and O–H groups in total. The smallest absolute Gasteiger partial charge is 0.339 e. The summed E-state index contributed by atoms with van der Waals surface area (Å²) in [5, 5.41) is 1.73. The zero-order valence-electron chi connectivity index (χ0n) is 19.6. The molecule has 31 heavy (non-hydrogen) atoms. The van der Waals surface area contributed by atoms with E-state index in [2.05, 4.69) is 43.1 Å². The van der Waals surface area contributed by atoms with E-state index >= 15 is 0 Å². The number of fused-ring (bicyclic) bond motifs is 1. The number of rotatable bonds is 5. The second-order valence-electron chi connectivity index (χ2n) is 9.15. The molecule has 0 bridgehead atoms. The van der Waals surface area contributed by atoms with Crippen LogP contribution >= 0.6 is 0 Å². The Labute approximate surface area is 185 Å². The van der Waals surface area contributed by atoms with Gasteiger partial charge < -0.3 is 9.47 Å². The monoisotopic (exact) mass is 420 g/mol. The van der Waals surface area contributed by atoms with Gasteiger partial charge in [-0.15, -0.1) is 5.01 Å². The maximum atomic E-state index is 13.1. The maximum absolute atomic E-state index is 13.1. The number of benzene rings is 2. The molecule has 0 aliphatic carbocycles. The molecule has 0 saturated carbocycles. The molecule has 0 fully saturated rings. The van der Waals surface area contributed by atoms with E-state index in [-0.39, 0.29) is 12.6 Å². The maximum Gasteiger partial charge on any atom is 0.339 e. The van der Waals surface area contributed by atoms with Gasteiger partial charge >= 0.3 is 5.97 Å². The number of carbonyl (C=O) groups excluding carboxylic acids is 1. The van der Waals surface area contributed by atoms with Crippen molar-refractivity contribution in [1.82, 2.24) is 5.01 Å². The van der Waals surface area contributed by atoms with Gasteiger partial charge in [-0.05, 0) is 81.8 Å². The lowest BCUT2D eigenvalue weighted by Gasteiger charge is -2.30. The number of nitrogens with zero attached hydrogens (tertiary/aromatic N) is 2. The van der Waals surface area contributed by atoms with Crippen LogP contribution in [0.5, 0.6) is 0 Å². The Morgan fingerprint density at radius 1 is 1.10 bits per heavy atom. The molecule has 5 heteroatoms. The lowest BCUT2D eigenvalue weighted by atomic mass is 9.83. The minimum absolute atomic E-state index is 0.289. The van der Waals surface area contributed by atoms with E-state index in [9.17, 15) is 4.79 Å². The van der Waals surface area contributed by atoms with Gasteiger partial charge in [0.2, 0.25) is 0 Å². The van der Waals surface area contributed by atoms with Crippen molar-refractivity contribution in [2.45, 2.75) is 73.3 Å². The van der Waals surface area contributed by atoms with Gasteiger partial charge in [-0.3, -0.25) is 0 Å². The minimum Gasteiger partial charge on any atom is -0.464 e. The van der Waals surface area contributed by atoms with Crippen molar-refractivity contribution < 1.29 is 14.3 Å². The summed E-state index contributed by atoms with van der Waals surface area (Å²) >= 11 is 0. The van der Waals surface area contributed by atoms with E-state index in [1.54, 1.807) is 11.9 Å². The molecular formula is C26H32N2O3. The van der Waals surface area contributed by atoms with Gasteiger partial charge in [-0.2, -0.15) is 11.5 Å². The number of hydrogen-bond donors (Lipinski definition) is 0. The Balaban J connectivity index is 2.33. The molecule has 1 aliphatic heterocycles. The number of ether oxygens (including phenoxy) is 2. The number of aryl methyl sites for hydroxylation is 1. The molecule has 1 heterocycles. The molecule has 5 nitrogen and oxygen atoms in total. The number of esters is 1. The number of hydrogen-bond acceptors (Lipinski definition) is 4. The largest absolute Gasteiger partial charge is 0.464 e. The quantitative estimate of drug-likeness (QED) is 0.450. The summed E-state index contributed by atoms with van der Waals surface area (Å²) in [5.74, 6) is -0.381. The fourth-order valence-electron chi connectivity index (χ4n) is 4.29. The lowest BCUT2D eigenvalue weighted by molar-refractivity contribution is -0.166. The summed E-state index contributed by atoms with van der Waals surface area (Å²) in [7, 11) is 0. The Kier molecular flexibility index (Phi) is 6.43. The first-order chi connectivity index (χ1) is 14.6. The molecular weight excluding hydrogens is 388 g/mol. The molecule has 0 spiro atoms. The van der Waals surface area contributed by atoms with Crippen LogP contribution in [0, 0.1) is 27.3 Å². The zero-order valence-corrected chi connectivity index (χ0v) is 19.6. The second-order valence-corrected chi connectivity index (χ2v) is 9.15. The number of carbonyl (C=O) groups is 1. The van der Waals surface area contributed by atoms with Gasteiger partial charge in [0.15, 0.2) is 6.10 Å². The molecule has 0 aromatic heterocycles. The summed E-state index contributed by atoms with van der Waals surface area (Å²) in [6, 6.07) is 8.34. The third-order valence-electron chi connectivity index (χ3n) is 5.72. The third-order valence-corrected chi connectivity index (χ3v) is 5.72. The Morgan fingerprint density at radius 3 is 2.19 bits per heavy atom. The van der Waals surface area contributed by atoms with Gasteiger partial charge in [0.25, 0.3) is 0 Å². The van der Waals surface area contributed by atoms with Crippen molar-refractivity contribution in [3.63, 3.8) is 0 Å². The summed E-state index contributed by atoms with van der Waals surface area (Å²) in [6.45, 7) is 22.8. The normalized spacial score (nSPS) is 14.2. The highest BCUT2D eigenvalue weighted by Crippen LogP contribution is 2.44. The van der Waals surface area contributed by atoms with Crippen LogP contribution in [0.4, 0.5) is 0 Å². The SMILES string of the molecule is [C-]#[N+]N1Cc2c(C)c(-c3ccc(C)cc3)c([C@H](OC(C)(C)C)C(=O)OCC)c(C)c2C1. The minimum atomic E-state index is -0.845. The fourth-order valence-corrected chi connectivity index (χ4v) is 4.29. The van der Waals surface area contributed by atoms with Crippen LogP contribution in [0.25, 0.3) is 16.1 Å². The highest BCUT2D eigenvalue weighted by atomic mass is 16.6.